The molecule has 1 atom stereocenters. The molecule has 0 saturated heterocycles. The lowest BCUT2D eigenvalue weighted by molar-refractivity contribution is 0.0922. The molecule has 1 unspecified atom stereocenters. The highest BCUT2D eigenvalue weighted by molar-refractivity contribution is 9.10. The average molecular weight is 454 g/mol. The van der Waals surface area contributed by atoms with E-state index in [0.717, 1.165) is 18.7 Å². The van der Waals surface area contributed by atoms with E-state index in [-0.39, 0.29) is 11.9 Å². The molecule has 0 aliphatic carbocycles. The molecule has 5 nitrogen and oxygen atoms in total. The summed E-state index contributed by atoms with van der Waals surface area (Å²) in [6.07, 6.45) is 1.02. The van der Waals surface area contributed by atoms with E-state index in [2.05, 4.69) is 79.6 Å². The zero-order valence-electron chi connectivity index (χ0n) is 16.6. The molecule has 1 aliphatic heterocycles. The normalized spacial score (nSPS) is 13.8. The monoisotopic (exact) mass is 453 g/mol. The van der Waals surface area contributed by atoms with Gasteiger partial charge in [0.25, 0.3) is 5.91 Å². The van der Waals surface area contributed by atoms with Gasteiger partial charge in [0.05, 0.1) is 6.04 Å². The quantitative estimate of drug-likeness (QED) is 0.590. The van der Waals surface area contributed by atoms with E-state index in [0.29, 0.717) is 17.0 Å². The van der Waals surface area contributed by atoms with Crippen molar-refractivity contribution in [3.63, 3.8) is 0 Å². The molecule has 0 spiro atoms. The second-order valence-electron chi connectivity index (χ2n) is 7.39. The summed E-state index contributed by atoms with van der Waals surface area (Å²) in [4.78, 5) is 17.0. The summed E-state index contributed by atoms with van der Waals surface area (Å²) in [5, 5.41) is 3.05. The van der Waals surface area contributed by atoms with Crippen molar-refractivity contribution in [2.75, 3.05) is 37.0 Å². The fourth-order valence-corrected chi connectivity index (χ4v) is 4.11. The van der Waals surface area contributed by atoms with Crippen LogP contribution in [0.3, 0.4) is 0 Å². The van der Waals surface area contributed by atoms with Crippen LogP contribution < -0.4 is 15.1 Å². The summed E-state index contributed by atoms with van der Waals surface area (Å²) in [5.74, 6) is 0.0958. The lowest BCUT2D eigenvalue weighted by Gasteiger charge is -2.31. The number of rotatable bonds is 6. The largest absolute Gasteiger partial charge is 0.444 e. The Morgan fingerprint density at radius 1 is 1.14 bits per heavy atom. The number of amides is 1. The number of benzene rings is 2. The van der Waals surface area contributed by atoms with Crippen molar-refractivity contribution in [3.05, 3.63) is 82.2 Å². The van der Waals surface area contributed by atoms with E-state index in [9.17, 15) is 4.79 Å². The minimum Gasteiger partial charge on any atom is -0.444 e. The molecule has 1 aromatic heterocycles. The summed E-state index contributed by atoms with van der Waals surface area (Å²) in [6, 6.07) is 20.5. The highest BCUT2D eigenvalue weighted by Crippen LogP contribution is 2.35. The first-order chi connectivity index (χ1) is 14.0. The van der Waals surface area contributed by atoms with Gasteiger partial charge in [-0.05, 0) is 63.8 Å². The SMILES string of the molecule is CN(C)c1ccc(C(CNC(=O)c2ccc(Br)o2)N2CCc3ccccc32)cc1. The van der Waals surface area contributed by atoms with Crippen LogP contribution >= 0.6 is 15.9 Å². The van der Waals surface area contributed by atoms with Gasteiger partial charge in [0.1, 0.15) is 0 Å². The Morgan fingerprint density at radius 3 is 2.59 bits per heavy atom. The Labute approximate surface area is 179 Å². The van der Waals surface area contributed by atoms with Crippen LogP contribution in [0.15, 0.2) is 69.8 Å². The highest BCUT2D eigenvalue weighted by Gasteiger charge is 2.28. The maximum Gasteiger partial charge on any atom is 0.287 e. The number of anilines is 2. The predicted molar refractivity (Wildman–Crippen MR) is 120 cm³/mol. The number of carbonyl (C=O) groups is 1. The molecule has 0 radical (unpaired) electrons. The van der Waals surface area contributed by atoms with E-state index in [1.807, 2.05) is 14.1 Å². The molecule has 3 aromatic rings. The number of hydrogen-bond donors (Lipinski definition) is 1. The lowest BCUT2D eigenvalue weighted by atomic mass is 10.0. The van der Waals surface area contributed by atoms with Crippen LogP contribution in [0, 0.1) is 0 Å². The first kappa shape index (κ1) is 19.6. The third-order valence-electron chi connectivity index (χ3n) is 5.35. The van der Waals surface area contributed by atoms with E-state index in [1.54, 1.807) is 12.1 Å². The molecule has 1 amide bonds. The van der Waals surface area contributed by atoms with Gasteiger partial charge < -0.3 is 19.5 Å². The predicted octanol–water partition coefficient (Wildman–Crippen LogP) is 4.64. The molecule has 1 aliphatic rings. The number of para-hydroxylation sites is 1. The second kappa shape index (κ2) is 8.33. The van der Waals surface area contributed by atoms with Gasteiger partial charge in [0, 0.05) is 38.6 Å². The minimum atomic E-state index is -0.210. The van der Waals surface area contributed by atoms with Crippen LogP contribution in [0.4, 0.5) is 11.4 Å². The number of hydrogen-bond acceptors (Lipinski definition) is 4. The second-order valence-corrected chi connectivity index (χ2v) is 8.17. The van der Waals surface area contributed by atoms with Crippen molar-refractivity contribution < 1.29 is 9.21 Å². The Bertz CT molecular complexity index is 997. The molecule has 0 saturated carbocycles. The van der Waals surface area contributed by atoms with Crippen LogP contribution in [-0.2, 0) is 6.42 Å². The number of nitrogens with one attached hydrogen (secondary N) is 1. The Balaban J connectivity index is 1.60. The molecule has 29 heavy (non-hydrogen) atoms. The van der Waals surface area contributed by atoms with Gasteiger partial charge in [-0.3, -0.25) is 4.79 Å². The first-order valence-corrected chi connectivity index (χ1v) is 10.5. The summed E-state index contributed by atoms with van der Waals surface area (Å²) < 4.78 is 5.94. The van der Waals surface area contributed by atoms with Gasteiger partial charge in [-0.1, -0.05) is 30.3 Å². The number of halogens is 1. The average Bonchev–Trinajstić information content (AvgIpc) is 3.35. The van der Waals surface area contributed by atoms with Crippen molar-refractivity contribution in [2.24, 2.45) is 0 Å². The van der Waals surface area contributed by atoms with Gasteiger partial charge in [0.15, 0.2) is 10.4 Å². The molecule has 0 bridgehead atoms. The Morgan fingerprint density at radius 2 is 1.90 bits per heavy atom. The van der Waals surface area contributed by atoms with E-state index >= 15 is 0 Å². The Kier molecular flexibility index (Phi) is 5.62. The zero-order valence-corrected chi connectivity index (χ0v) is 18.1. The molecule has 2 heterocycles. The molecule has 2 aromatic carbocycles. The molecule has 0 fully saturated rings. The van der Waals surface area contributed by atoms with Gasteiger partial charge in [-0.15, -0.1) is 0 Å². The third kappa shape index (κ3) is 4.17. The topological polar surface area (TPSA) is 48.7 Å². The van der Waals surface area contributed by atoms with Crippen LogP contribution in [0.1, 0.15) is 27.7 Å². The van der Waals surface area contributed by atoms with E-state index in [1.165, 1.54) is 16.8 Å². The fraction of sp³-hybridized carbons (Fsp3) is 0.261. The van der Waals surface area contributed by atoms with Crippen LogP contribution in [-0.4, -0.2) is 33.1 Å². The number of fused-ring (bicyclic) bond motifs is 1. The van der Waals surface area contributed by atoms with Crippen molar-refractivity contribution in [1.29, 1.82) is 0 Å². The van der Waals surface area contributed by atoms with E-state index < -0.39 is 0 Å². The van der Waals surface area contributed by atoms with Gasteiger partial charge in [-0.2, -0.15) is 0 Å². The van der Waals surface area contributed by atoms with Crippen LogP contribution in [0.5, 0.6) is 0 Å². The smallest absolute Gasteiger partial charge is 0.287 e. The maximum absolute atomic E-state index is 12.5. The number of nitrogens with zero attached hydrogens (tertiary/aromatic N) is 2. The molecular formula is C23H24BrN3O2. The van der Waals surface area contributed by atoms with Crippen molar-refractivity contribution in [3.8, 4) is 0 Å². The van der Waals surface area contributed by atoms with E-state index in [4.69, 9.17) is 4.42 Å². The lowest BCUT2D eigenvalue weighted by Crippen LogP contribution is -2.37. The minimum absolute atomic E-state index is 0.0391. The van der Waals surface area contributed by atoms with Crippen molar-refractivity contribution in [2.45, 2.75) is 12.5 Å². The molecular weight excluding hydrogens is 430 g/mol. The van der Waals surface area contributed by atoms with Crippen LogP contribution in [0.25, 0.3) is 0 Å². The van der Waals surface area contributed by atoms with Gasteiger partial charge >= 0.3 is 0 Å². The summed E-state index contributed by atoms with van der Waals surface area (Å²) in [5.41, 5.74) is 4.92. The highest BCUT2D eigenvalue weighted by atomic mass is 79.9. The zero-order chi connectivity index (χ0) is 20.4. The van der Waals surface area contributed by atoms with Gasteiger partial charge in [-0.25, -0.2) is 0 Å². The number of carbonyl (C=O) groups excluding carboxylic acids is 1. The molecule has 150 valence electrons. The summed E-state index contributed by atoms with van der Waals surface area (Å²) in [7, 11) is 4.07. The summed E-state index contributed by atoms with van der Waals surface area (Å²) >= 11 is 3.25. The first-order valence-electron chi connectivity index (χ1n) is 9.68. The van der Waals surface area contributed by atoms with Crippen molar-refractivity contribution in [1.82, 2.24) is 5.32 Å². The van der Waals surface area contributed by atoms with Crippen LogP contribution in [0.2, 0.25) is 0 Å². The Hall–Kier alpha value is -2.73. The van der Waals surface area contributed by atoms with Gasteiger partial charge in [0.2, 0.25) is 0 Å². The molecule has 4 rings (SSSR count). The van der Waals surface area contributed by atoms with Crippen molar-refractivity contribution >= 4 is 33.2 Å². The molecule has 1 N–H and O–H groups in total. The fourth-order valence-electron chi connectivity index (χ4n) is 3.80. The standard InChI is InChI=1S/C23H24BrN3O2/c1-26(2)18-9-7-17(8-10-18)20(15-25-23(28)21-11-12-22(24)29-21)27-14-13-16-5-3-4-6-19(16)27/h3-12,20H,13-15H2,1-2H3,(H,25,28). The third-order valence-corrected chi connectivity index (χ3v) is 5.77. The summed E-state index contributed by atoms with van der Waals surface area (Å²) in [6.45, 7) is 1.43. The molecule has 6 heteroatoms. The maximum atomic E-state index is 12.5. The number of furan rings is 1.